The summed E-state index contributed by atoms with van der Waals surface area (Å²) < 4.78 is 22.5. The summed E-state index contributed by atoms with van der Waals surface area (Å²) in [6, 6.07) is 13.7. The molecule has 0 radical (unpaired) electrons. The topological polar surface area (TPSA) is 176 Å². The second-order valence-corrected chi connectivity index (χ2v) is 8.27. The van der Waals surface area contributed by atoms with E-state index >= 15 is 0 Å². The molecule has 0 saturated heterocycles. The molecule has 6 aromatic rings. The Morgan fingerprint density at radius 1 is 0.450 bits per heavy atom. The molecule has 0 unspecified atom stereocenters. The smallest absolute Gasteiger partial charge is 0.206 e. The monoisotopic (exact) mass is 524 g/mol. The van der Waals surface area contributed by atoms with Crippen molar-refractivity contribution in [2.75, 3.05) is 0 Å². The quantitative estimate of drug-likeness (QED) is 0.276. The van der Waals surface area contributed by atoms with E-state index in [9.17, 15) is 10.5 Å². The Morgan fingerprint density at radius 2 is 0.725 bits per heavy atom. The third-order valence-corrected chi connectivity index (χ3v) is 6.03. The summed E-state index contributed by atoms with van der Waals surface area (Å²) in [6.07, 6.45) is 9.65. The van der Waals surface area contributed by atoms with Gasteiger partial charge in [-0.15, -0.1) is 0 Å². The zero-order valence-corrected chi connectivity index (χ0v) is 20.1. The van der Waals surface area contributed by atoms with Crippen LogP contribution in [0.25, 0.3) is 45.8 Å². The van der Waals surface area contributed by atoms with Crippen LogP contribution in [0.2, 0.25) is 0 Å². The molecule has 6 aromatic heterocycles. The Bertz CT molecular complexity index is 1730. The first-order valence-corrected chi connectivity index (χ1v) is 11.7. The molecule has 0 saturated carbocycles. The fourth-order valence-electron chi connectivity index (χ4n) is 4.41. The molecular formula is C28H12N8O4. The lowest BCUT2D eigenvalue weighted by molar-refractivity contribution is 0.571. The van der Waals surface area contributed by atoms with Gasteiger partial charge >= 0.3 is 0 Å². The second-order valence-electron chi connectivity index (χ2n) is 8.27. The van der Waals surface area contributed by atoms with Gasteiger partial charge in [-0.25, -0.2) is 19.9 Å². The first-order chi connectivity index (χ1) is 19.8. The van der Waals surface area contributed by atoms with E-state index in [0.29, 0.717) is 45.8 Å². The van der Waals surface area contributed by atoms with Gasteiger partial charge in [0.2, 0.25) is 12.4 Å². The molecule has 0 atom stereocenters. The molecule has 0 aliphatic heterocycles. The summed E-state index contributed by atoms with van der Waals surface area (Å²) in [5, 5.41) is 19.3. The number of hydrogen-bond donors (Lipinski definition) is 0. The third-order valence-electron chi connectivity index (χ3n) is 6.03. The Morgan fingerprint density at radius 3 is 0.925 bits per heavy atom. The Kier molecular flexibility index (Phi) is 5.22. The molecule has 0 bridgehead atoms. The van der Waals surface area contributed by atoms with Gasteiger partial charge in [-0.2, -0.15) is 20.5 Å². The van der Waals surface area contributed by atoms with Crippen molar-refractivity contribution in [3.8, 4) is 58.2 Å². The average Bonchev–Trinajstić information content (AvgIpc) is 3.81. The van der Waals surface area contributed by atoms with Gasteiger partial charge in [0.25, 0.3) is 0 Å². The maximum atomic E-state index is 9.67. The molecule has 0 amide bonds. The number of hydrogen-bond acceptors (Lipinski definition) is 12. The van der Waals surface area contributed by atoms with Crippen LogP contribution >= 0.6 is 0 Å². The van der Waals surface area contributed by atoms with Crippen molar-refractivity contribution in [3.05, 3.63) is 96.4 Å². The molecule has 1 aliphatic carbocycles. The van der Waals surface area contributed by atoms with Crippen molar-refractivity contribution >= 4 is 11.4 Å². The lowest BCUT2D eigenvalue weighted by Crippen LogP contribution is -2.29. The maximum absolute atomic E-state index is 9.67. The lowest BCUT2D eigenvalue weighted by Gasteiger charge is -2.21. The minimum atomic E-state index is 0.0852. The van der Waals surface area contributed by atoms with Crippen LogP contribution in [0.5, 0.6) is 0 Å². The van der Waals surface area contributed by atoms with E-state index in [1.165, 1.54) is 25.1 Å². The van der Waals surface area contributed by atoms with Crippen molar-refractivity contribution in [2.24, 2.45) is 9.98 Å². The summed E-state index contributed by atoms with van der Waals surface area (Å²) in [7, 11) is 0. The van der Waals surface area contributed by atoms with Crippen LogP contribution in [0.1, 0.15) is 22.8 Å². The molecule has 0 N–H and O–H groups in total. The number of furan rings is 4. The van der Waals surface area contributed by atoms with Crippen LogP contribution < -0.4 is 0 Å². The van der Waals surface area contributed by atoms with Crippen molar-refractivity contribution in [1.29, 1.82) is 10.5 Å². The maximum Gasteiger partial charge on any atom is 0.206 e. The van der Waals surface area contributed by atoms with Crippen molar-refractivity contribution < 1.29 is 17.7 Å². The van der Waals surface area contributed by atoms with Crippen molar-refractivity contribution in [3.63, 3.8) is 0 Å². The number of nitriles is 2. The number of aliphatic imine (C=N–C) groups is 2. The number of aromatic nitrogens is 4. The molecule has 7 rings (SSSR count). The standard InChI is InChI=1S/C28H12N8O4/c29-13-31-23-25-26(34-20(16-6-2-10-38-16)19(33-25)15-5-1-9-37-15)24(32-14-30)28-27(23)35-21(17-7-3-11-39-17)22(36-28)18-8-4-12-40-18/h1-12H. The van der Waals surface area contributed by atoms with E-state index in [2.05, 4.69) is 9.98 Å². The molecular weight excluding hydrogens is 512 g/mol. The summed E-state index contributed by atoms with van der Waals surface area (Å²) in [6.45, 7) is 0. The average molecular weight is 524 g/mol. The summed E-state index contributed by atoms with van der Waals surface area (Å²) in [5.41, 5.74) is 2.14. The minimum Gasteiger partial charge on any atom is -0.463 e. The Balaban J connectivity index is 1.57. The fourth-order valence-corrected chi connectivity index (χ4v) is 4.41. The zero-order valence-electron chi connectivity index (χ0n) is 20.1. The molecule has 12 nitrogen and oxygen atoms in total. The predicted octanol–water partition coefficient (Wildman–Crippen LogP) is 5.26. The Hall–Kier alpha value is -6.40. The minimum absolute atomic E-state index is 0.0852. The van der Waals surface area contributed by atoms with Gasteiger partial charge in [-0.3, -0.25) is 0 Å². The molecule has 12 heteroatoms. The lowest BCUT2D eigenvalue weighted by atomic mass is 9.94. The molecule has 0 spiro atoms. The van der Waals surface area contributed by atoms with Gasteiger partial charge in [0.05, 0.1) is 25.1 Å². The van der Waals surface area contributed by atoms with Crippen LogP contribution in [-0.4, -0.2) is 31.4 Å². The van der Waals surface area contributed by atoms with Gasteiger partial charge in [-0.05, 0) is 48.5 Å². The van der Waals surface area contributed by atoms with E-state index in [-0.39, 0.29) is 34.2 Å². The first kappa shape index (κ1) is 22.8. The predicted molar refractivity (Wildman–Crippen MR) is 137 cm³/mol. The van der Waals surface area contributed by atoms with Crippen LogP contribution in [0.15, 0.2) is 101 Å². The summed E-state index contributed by atoms with van der Waals surface area (Å²) >= 11 is 0. The van der Waals surface area contributed by atoms with Crippen LogP contribution in [0.3, 0.4) is 0 Å². The highest BCUT2D eigenvalue weighted by atomic mass is 16.3. The van der Waals surface area contributed by atoms with E-state index in [4.69, 9.17) is 37.6 Å². The number of rotatable bonds is 4. The fraction of sp³-hybridized carbons (Fsp3) is 0. The molecule has 0 fully saturated rings. The van der Waals surface area contributed by atoms with Gasteiger partial charge in [0, 0.05) is 0 Å². The van der Waals surface area contributed by atoms with Crippen LogP contribution in [0.4, 0.5) is 0 Å². The Labute approximate surface area is 224 Å². The summed E-state index contributed by atoms with van der Waals surface area (Å²) in [4.78, 5) is 27.4. The van der Waals surface area contributed by atoms with Gasteiger partial charge in [0.1, 0.15) is 57.0 Å². The molecule has 1 aliphatic rings. The molecule has 40 heavy (non-hydrogen) atoms. The van der Waals surface area contributed by atoms with E-state index < -0.39 is 0 Å². The summed E-state index contributed by atoms with van der Waals surface area (Å²) in [5.74, 6) is 1.60. The third kappa shape index (κ3) is 3.53. The van der Waals surface area contributed by atoms with Gasteiger partial charge in [0.15, 0.2) is 23.0 Å². The van der Waals surface area contributed by atoms with Crippen LogP contribution in [-0.2, 0) is 0 Å². The second kappa shape index (κ2) is 9.16. The SMILES string of the molecule is N#CN=C1c2nc(-c3ccco3)c(-c3ccco3)nc2C(=NC#N)c2nc(-c3ccco3)c(-c3ccco3)nc21. The largest absolute Gasteiger partial charge is 0.463 e. The first-order valence-electron chi connectivity index (χ1n) is 11.7. The highest BCUT2D eigenvalue weighted by molar-refractivity contribution is 6.29. The number of nitrogens with zero attached hydrogens (tertiary/aromatic N) is 8. The van der Waals surface area contributed by atoms with E-state index in [1.807, 2.05) is 12.4 Å². The van der Waals surface area contributed by atoms with Crippen LogP contribution in [0, 0.1) is 22.9 Å². The van der Waals surface area contributed by atoms with Gasteiger partial charge < -0.3 is 17.7 Å². The molecule has 188 valence electrons. The number of fused-ring (bicyclic) bond motifs is 2. The van der Waals surface area contributed by atoms with E-state index in [1.54, 1.807) is 48.5 Å². The zero-order chi connectivity index (χ0) is 27.1. The molecule has 0 aromatic carbocycles. The normalized spacial score (nSPS) is 11.8. The van der Waals surface area contributed by atoms with E-state index in [0.717, 1.165) is 0 Å². The highest BCUT2D eigenvalue weighted by Gasteiger charge is 2.37. The molecule has 6 heterocycles. The highest BCUT2D eigenvalue weighted by Crippen LogP contribution is 2.37. The van der Waals surface area contributed by atoms with Crippen molar-refractivity contribution in [1.82, 2.24) is 19.9 Å². The van der Waals surface area contributed by atoms with Crippen molar-refractivity contribution in [2.45, 2.75) is 0 Å². The van der Waals surface area contributed by atoms with Gasteiger partial charge in [-0.1, -0.05) is 0 Å².